The van der Waals surface area contributed by atoms with Gasteiger partial charge < -0.3 is 5.73 Å². The van der Waals surface area contributed by atoms with E-state index in [9.17, 15) is 8.42 Å². The van der Waals surface area contributed by atoms with Gasteiger partial charge in [-0.25, -0.2) is 8.42 Å². The van der Waals surface area contributed by atoms with Gasteiger partial charge >= 0.3 is 0 Å². The van der Waals surface area contributed by atoms with Gasteiger partial charge in [0.25, 0.3) is 0 Å². The molecule has 1 atom stereocenters. The number of rotatable bonds is 3. The highest BCUT2D eigenvalue weighted by atomic mass is 35.5. The van der Waals surface area contributed by atoms with Gasteiger partial charge in [-0.3, -0.25) is 0 Å². The zero-order valence-corrected chi connectivity index (χ0v) is 9.35. The first-order chi connectivity index (χ1) is 6.47. The maximum atomic E-state index is 11.4. The van der Waals surface area contributed by atoms with Crippen LogP contribution in [-0.2, 0) is 9.84 Å². The lowest BCUT2D eigenvalue weighted by atomic mass is 10.2. The number of alkyl halides is 1. The maximum Gasteiger partial charge on any atom is 0.178 e. The van der Waals surface area contributed by atoms with Crippen molar-refractivity contribution < 1.29 is 8.42 Å². The van der Waals surface area contributed by atoms with Crippen LogP contribution in [0.25, 0.3) is 0 Å². The first kappa shape index (κ1) is 11.5. The number of hydrogen-bond acceptors (Lipinski definition) is 3. The average molecular weight is 234 g/mol. The Labute approximate surface area is 88.8 Å². The fourth-order valence-corrected chi connectivity index (χ4v) is 2.06. The van der Waals surface area contributed by atoms with E-state index >= 15 is 0 Å². The molecule has 3 nitrogen and oxygen atoms in total. The fraction of sp³-hybridized carbons (Fsp3) is 0.333. The molecule has 0 aliphatic carbocycles. The van der Waals surface area contributed by atoms with Gasteiger partial charge in [-0.15, -0.1) is 11.6 Å². The van der Waals surface area contributed by atoms with Crippen molar-refractivity contribution in [1.29, 1.82) is 0 Å². The van der Waals surface area contributed by atoms with Gasteiger partial charge in [-0.05, 0) is 17.7 Å². The molecule has 0 saturated heterocycles. The Hall–Kier alpha value is -0.580. The Morgan fingerprint density at radius 3 is 2.21 bits per heavy atom. The quantitative estimate of drug-likeness (QED) is 0.638. The molecule has 2 N–H and O–H groups in total. The molecule has 1 rings (SSSR count). The SMILES string of the molecule is CCS(=O)(=O)c1ccc(C(N)Cl)cc1. The van der Waals surface area contributed by atoms with Crippen LogP contribution in [0.15, 0.2) is 29.2 Å². The smallest absolute Gasteiger partial charge is 0.178 e. The second-order valence-electron chi connectivity index (χ2n) is 2.87. The van der Waals surface area contributed by atoms with E-state index < -0.39 is 15.3 Å². The van der Waals surface area contributed by atoms with Crippen LogP contribution in [0, 0.1) is 0 Å². The molecule has 0 amide bonds. The molecule has 1 aromatic carbocycles. The Balaban J connectivity index is 3.06. The summed E-state index contributed by atoms with van der Waals surface area (Å²) in [7, 11) is -3.12. The van der Waals surface area contributed by atoms with E-state index in [2.05, 4.69) is 0 Å². The molecule has 0 aliphatic heterocycles. The van der Waals surface area contributed by atoms with Gasteiger partial charge in [0.05, 0.1) is 10.6 Å². The molecule has 1 unspecified atom stereocenters. The van der Waals surface area contributed by atoms with E-state index in [0.29, 0.717) is 10.5 Å². The summed E-state index contributed by atoms with van der Waals surface area (Å²) < 4.78 is 22.8. The topological polar surface area (TPSA) is 60.2 Å². The second kappa shape index (κ2) is 4.29. The van der Waals surface area contributed by atoms with Crippen molar-refractivity contribution in [2.24, 2.45) is 5.73 Å². The minimum atomic E-state index is -3.12. The van der Waals surface area contributed by atoms with Crippen molar-refractivity contribution in [3.8, 4) is 0 Å². The molecule has 14 heavy (non-hydrogen) atoms. The number of nitrogens with two attached hydrogens (primary N) is 1. The molecular weight excluding hydrogens is 222 g/mol. The third-order valence-electron chi connectivity index (χ3n) is 1.94. The van der Waals surface area contributed by atoms with E-state index in [4.69, 9.17) is 17.3 Å². The molecule has 0 spiro atoms. The lowest BCUT2D eigenvalue weighted by Crippen LogP contribution is -2.05. The zero-order valence-electron chi connectivity index (χ0n) is 7.77. The van der Waals surface area contributed by atoms with Gasteiger partial charge in [0.15, 0.2) is 9.84 Å². The standard InChI is InChI=1S/C9H12ClNO2S/c1-2-14(12,13)8-5-3-7(4-6-8)9(10)11/h3-6,9H,2,11H2,1H3. The minimum absolute atomic E-state index is 0.0965. The number of benzene rings is 1. The van der Waals surface area contributed by atoms with E-state index in [1.54, 1.807) is 19.1 Å². The lowest BCUT2D eigenvalue weighted by Gasteiger charge is -2.05. The molecule has 0 saturated carbocycles. The second-order valence-corrected chi connectivity index (χ2v) is 5.62. The minimum Gasteiger partial charge on any atom is -0.312 e. The molecule has 0 aliphatic rings. The first-order valence-electron chi connectivity index (χ1n) is 4.19. The Morgan fingerprint density at radius 2 is 1.86 bits per heavy atom. The number of halogens is 1. The van der Waals surface area contributed by atoms with Gasteiger partial charge in [0, 0.05) is 0 Å². The van der Waals surface area contributed by atoms with Crippen LogP contribution in [-0.4, -0.2) is 14.2 Å². The van der Waals surface area contributed by atoms with Gasteiger partial charge in [-0.1, -0.05) is 19.1 Å². The monoisotopic (exact) mass is 233 g/mol. The van der Waals surface area contributed by atoms with E-state index in [1.807, 2.05) is 0 Å². The predicted molar refractivity (Wildman–Crippen MR) is 57.0 cm³/mol. The van der Waals surface area contributed by atoms with Crippen LogP contribution < -0.4 is 5.73 Å². The van der Waals surface area contributed by atoms with E-state index in [1.165, 1.54) is 12.1 Å². The fourth-order valence-electron chi connectivity index (χ4n) is 1.03. The van der Waals surface area contributed by atoms with Crippen LogP contribution in [0.2, 0.25) is 0 Å². The molecule has 0 heterocycles. The Kier molecular flexibility index (Phi) is 3.53. The number of sulfone groups is 1. The number of hydrogen-bond donors (Lipinski definition) is 1. The maximum absolute atomic E-state index is 11.4. The van der Waals surface area contributed by atoms with Crippen molar-refractivity contribution in [3.63, 3.8) is 0 Å². The molecule has 78 valence electrons. The summed E-state index contributed by atoms with van der Waals surface area (Å²) in [4.78, 5) is 0.307. The summed E-state index contributed by atoms with van der Waals surface area (Å²) >= 11 is 5.63. The lowest BCUT2D eigenvalue weighted by molar-refractivity contribution is 0.597. The van der Waals surface area contributed by atoms with Crippen LogP contribution in [0.1, 0.15) is 18.0 Å². The largest absolute Gasteiger partial charge is 0.312 e. The third-order valence-corrected chi connectivity index (χ3v) is 3.94. The average Bonchev–Trinajstić information content (AvgIpc) is 2.18. The van der Waals surface area contributed by atoms with E-state index in [0.717, 1.165) is 0 Å². The van der Waals surface area contributed by atoms with Crippen molar-refractivity contribution in [2.45, 2.75) is 17.3 Å². The normalized spacial score (nSPS) is 13.9. The summed E-state index contributed by atoms with van der Waals surface area (Å²) in [5.74, 6) is 0.0965. The highest BCUT2D eigenvalue weighted by molar-refractivity contribution is 7.91. The van der Waals surface area contributed by atoms with E-state index in [-0.39, 0.29) is 5.75 Å². The highest BCUT2D eigenvalue weighted by Crippen LogP contribution is 2.17. The highest BCUT2D eigenvalue weighted by Gasteiger charge is 2.11. The molecule has 5 heteroatoms. The van der Waals surface area contributed by atoms with Crippen molar-refractivity contribution in [1.82, 2.24) is 0 Å². The first-order valence-corrected chi connectivity index (χ1v) is 6.28. The third kappa shape index (κ3) is 2.47. The van der Waals surface area contributed by atoms with Crippen LogP contribution in [0.4, 0.5) is 0 Å². The predicted octanol–water partition coefficient (Wildman–Crippen LogP) is 1.68. The van der Waals surface area contributed by atoms with Crippen molar-refractivity contribution >= 4 is 21.4 Å². The summed E-state index contributed by atoms with van der Waals surface area (Å²) in [6.45, 7) is 1.61. The summed E-state index contributed by atoms with van der Waals surface area (Å²) in [5.41, 5.74) is 5.54. The molecule has 0 bridgehead atoms. The molecule has 0 fully saturated rings. The van der Waals surface area contributed by atoms with Crippen LogP contribution in [0.3, 0.4) is 0 Å². The zero-order chi connectivity index (χ0) is 10.8. The van der Waals surface area contributed by atoms with Crippen LogP contribution in [0.5, 0.6) is 0 Å². The summed E-state index contributed by atoms with van der Waals surface area (Å²) in [6.07, 6.45) is 0. The summed E-state index contributed by atoms with van der Waals surface area (Å²) in [5, 5.41) is 0. The molecule has 0 radical (unpaired) electrons. The Morgan fingerprint density at radius 1 is 1.36 bits per heavy atom. The summed E-state index contributed by atoms with van der Waals surface area (Å²) in [6, 6.07) is 6.30. The van der Waals surface area contributed by atoms with Gasteiger partial charge in [0.1, 0.15) is 5.50 Å². The van der Waals surface area contributed by atoms with Crippen molar-refractivity contribution in [2.75, 3.05) is 5.75 Å². The van der Waals surface area contributed by atoms with Gasteiger partial charge in [-0.2, -0.15) is 0 Å². The molecule has 1 aromatic rings. The Bertz CT molecular complexity index is 397. The molecule has 0 aromatic heterocycles. The van der Waals surface area contributed by atoms with Crippen molar-refractivity contribution in [3.05, 3.63) is 29.8 Å². The van der Waals surface area contributed by atoms with Gasteiger partial charge in [0.2, 0.25) is 0 Å². The molecular formula is C9H12ClNO2S. The van der Waals surface area contributed by atoms with Crippen LogP contribution >= 0.6 is 11.6 Å².